The highest BCUT2D eigenvalue weighted by Gasteiger charge is 2.52. The van der Waals surface area contributed by atoms with Crippen LogP contribution in [0, 0.1) is 23.2 Å². The number of hydrogen-bond donors (Lipinski definition) is 4. The fourth-order valence-corrected chi connectivity index (χ4v) is 8.38. The number of rotatable bonds is 15. The van der Waals surface area contributed by atoms with Crippen LogP contribution in [0.25, 0.3) is 0 Å². The van der Waals surface area contributed by atoms with Crippen molar-refractivity contribution in [1.29, 1.82) is 0 Å². The van der Waals surface area contributed by atoms with E-state index in [0.717, 1.165) is 64.2 Å². The zero-order valence-corrected chi connectivity index (χ0v) is 30.2. The molecular formula is C37H57N7O6. The lowest BCUT2D eigenvalue weighted by Gasteiger charge is -2.40. The molecule has 13 heteroatoms. The average molecular weight is 696 g/mol. The van der Waals surface area contributed by atoms with Gasteiger partial charge in [0.25, 0.3) is 5.91 Å². The first-order valence-electron chi connectivity index (χ1n) is 18.8. The summed E-state index contributed by atoms with van der Waals surface area (Å²) in [7, 11) is 0. The minimum absolute atomic E-state index is 0.0532. The lowest BCUT2D eigenvalue weighted by Crippen LogP contribution is -2.62. The summed E-state index contributed by atoms with van der Waals surface area (Å²) >= 11 is 0. The molecule has 0 radical (unpaired) electrons. The van der Waals surface area contributed by atoms with Crippen molar-refractivity contribution < 1.29 is 29.1 Å². The predicted octanol–water partition coefficient (Wildman–Crippen LogP) is 2.47. The zero-order valence-electron chi connectivity index (χ0n) is 30.2. The van der Waals surface area contributed by atoms with Gasteiger partial charge in [-0.25, -0.2) is 0 Å². The highest BCUT2D eigenvalue weighted by atomic mass is 16.3. The normalized spacial score (nSPS) is 24.7. The molecule has 0 aromatic carbocycles. The van der Waals surface area contributed by atoms with Crippen molar-refractivity contribution in [3.8, 4) is 0 Å². The minimum atomic E-state index is -1.40. The number of hydrogen-bond acceptors (Lipinski definition) is 8. The second-order valence-corrected chi connectivity index (χ2v) is 16.0. The highest BCUT2D eigenvalue weighted by molar-refractivity contribution is 5.95. The molecule has 4 aliphatic rings. The SMILES string of the molecule is CCCC(NC(=O)C1C2CCCC2CN1C(=O)C(NC(=O)C(C1CCCCC1)N(C=O)Cc1cnccn1)C(C)(C)C)C(O)C(=O)NC1CC1. The molecule has 7 unspecified atom stereocenters. The molecule has 1 aromatic rings. The Kier molecular flexibility index (Phi) is 12.5. The summed E-state index contributed by atoms with van der Waals surface area (Å²) in [5.74, 6) is -1.59. The first-order valence-corrected chi connectivity index (χ1v) is 18.8. The molecule has 50 heavy (non-hydrogen) atoms. The maximum atomic E-state index is 14.7. The third kappa shape index (κ3) is 8.99. The van der Waals surface area contributed by atoms with E-state index in [0.29, 0.717) is 31.5 Å². The van der Waals surface area contributed by atoms with Crippen molar-refractivity contribution in [2.45, 2.75) is 148 Å². The number of amides is 5. The molecule has 3 saturated carbocycles. The van der Waals surface area contributed by atoms with Crippen LogP contribution in [0.5, 0.6) is 0 Å². The third-order valence-corrected chi connectivity index (χ3v) is 11.2. The zero-order chi connectivity index (χ0) is 36.0. The first kappa shape index (κ1) is 37.6. The van der Waals surface area contributed by atoms with Gasteiger partial charge in [-0.1, -0.05) is 59.8 Å². The number of nitrogens with one attached hydrogen (secondary N) is 3. The van der Waals surface area contributed by atoms with Crippen molar-refractivity contribution in [2.24, 2.45) is 23.2 Å². The lowest BCUT2D eigenvalue weighted by molar-refractivity contribution is -0.147. The number of carbonyl (C=O) groups excluding carboxylic acids is 5. The molecule has 3 aliphatic carbocycles. The van der Waals surface area contributed by atoms with Crippen LogP contribution in [0.15, 0.2) is 18.6 Å². The van der Waals surface area contributed by atoms with E-state index < -0.39 is 47.5 Å². The Hall–Kier alpha value is -3.61. The lowest BCUT2D eigenvalue weighted by atomic mass is 9.81. The number of fused-ring (bicyclic) bond motifs is 1. The summed E-state index contributed by atoms with van der Waals surface area (Å²) in [5.41, 5.74) is -0.160. The van der Waals surface area contributed by atoms with Gasteiger partial charge in [-0.05, 0) is 68.1 Å². The molecule has 0 spiro atoms. The Morgan fingerprint density at radius 3 is 2.36 bits per heavy atom. The molecule has 4 fully saturated rings. The Bertz CT molecular complexity index is 1350. The Morgan fingerprint density at radius 1 is 1.00 bits per heavy atom. The monoisotopic (exact) mass is 695 g/mol. The summed E-state index contributed by atoms with van der Waals surface area (Å²) in [6, 6.07) is -3.27. The fourth-order valence-electron chi connectivity index (χ4n) is 8.38. The van der Waals surface area contributed by atoms with Gasteiger partial charge in [0.2, 0.25) is 24.1 Å². The summed E-state index contributed by atoms with van der Waals surface area (Å²) in [6.07, 6.45) is 14.0. The van der Waals surface area contributed by atoms with Crippen molar-refractivity contribution in [2.75, 3.05) is 6.54 Å². The second-order valence-electron chi connectivity index (χ2n) is 16.0. The Morgan fingerprint density at radius 2 is 1.74 bits per heavy atom. The molecule has 4 N–H and O–H groups in total. The van der Waals surface area contributed by atoms with Crippen molar-refractivity contribution >= 4 is 30.0 Å². The van der Waals surface area contributed by atoms with Crippen LogP contribution in [0.1, 0.15) is 110 Å². The summed E-state index contributed by atoms with van der Waals surface area (Å²) in [5, 5.41) is 19.8. The van der Waals surface area contributed by atoms with E-state index in [9.17, 15) is 29.1 Å². The third-order valence-electron chi connectivity index (χ3n) is 11.2. The number of aliphatic hydroxyl groups is 1. The molecule has 1 aromatic heterocycles. The number of aliphatic hydroxyl groups excluding tert-OH is 1. The molecule has 276 valence electrons. The summed E-state index contributed by atoms with van der Waals surface area (Å²) in [6.45, 7) is 8.11. The van der Waals surface area contributed by atoms with Gasteiger partial charge in [-0.2, -0.15) is 0 Å². The van der Waals surface area contributed by atoms with Crippen LogP contribution in [0.4, 0.5) is 0 Å². The second kappa shape index (κ2) is 16.6. The van der Waals surface area contributed by atoms with Crippen molar-refractivity contribution in [3.63, 3.8) is 0 Å². The van der Waals surface area contributed by atoms with Gasteiger partial charge in [-0.3, -0.25) is 33.9 Å². The predicted molar refractivity (Wildman–Crippen MR) is 186 cm³/mol. The summed E-state index contributed by atoms with van der Waals surface area (Å²) in [4.78, 5) is 80.2. The molecular weight excluding hydrogens is 638 g/mol. The average Bonchev–Trinajstić information content (AvgIpc) is 3.66. The van der Waals surface area contributed by atoms with Crippen LogP contribution in [0.3, 0.4) is 0 Å². The van der Waals surface area contributed by atoms with E-state index in [1.54, 1.807) is 23.5 Å². The van der Waals surface area contributed by atoms with E-state index in [1.807, 2.05) is 27.7 Å². The van der Waals surface area contributed by atoms with Gasteiger partial charge in [0.05, 0.1) is 24.5 Å². The quantitative estimate of drug-likeness (QED) is 0.203. The number of aromatic nitrogens is 2. The standard InChI is InChI=1S/C37H57N7O6/c1-5-10-28(31(46)35(49)40-25-15-16-25)41-34(48)30-27-14-9-13-24(27)20-44(30)36(50)32(37(2,3)4)42-33(47)29(23-11-7-6-8-12-23)43(22-45)21-26-19-38-17-18-39-26/h17-19,22-25,27-32,46H,5-16,20-21H2,1-4H3,(H,40,49)(H,41,48)(H,42,47). The van der Waals surface area contributed by atoms with E-state index in [-0.39, 0.29) is 42.2 Å². The van der Waals surface area contributed by atoms with Gasteiger partial charge >= 0.3 is 0 Å². The Labute approximate surface area is 296 Å². The van der Waals surface area contributed by atoms with E-state index in [1.165, 1.54) is 4.90 Å². The van der Waals surface area contributed by atoms with Gasteiger partial charge in [-0.15, -0.1) is 0 Å². The highest BCUT2D eigenvalue weighted by Crippen LogP contribution is 2.43. The molecule has 5 amide bonds. The van der Waals surface area contributed by atoms with Crippen molar-refractivity contribution in [3.05, 3.63) is 24.3 Å². The van der Waals surface area contributed by atoms with Gasteiger partial charge in [0.15, 0.2) is 6.10 Å². The molecule has 5 rings (SSSR count). The van der Waals surface area contributed by atoms with E-state index >= 15 is 0 Å². The van der Waals surface area contributed by atoms with Gasteiger partial charge < -0.3 is 30.9 Å². The van der Waals surface area contributed by atoms with Crippen LogP contribution < -0.4 is 16.0 Å². The van der Waals surface area contributed by atoms with Gasteiger partial charge in [0, 0.05) is 25.0 Å². The maximum absolute atomic E-state index is 14.7. The fraction of sp³-hybridized carbons (Fsp3) is 0.757. The maximum Gasteiger partial charge on any atom is 0.251 e. The van der Waals surface area contributed by atoms with Crippen LogP contribution >= 0.6 is 0 Å². The molecule has 1 aliphatic heterocycles. The van der Waals surface area contributed by atoms with E-state index in [4.69, 9.17) is 0 Å². The van der Waals surface area contributed by atoms with Crippen LogP contribution in [0.2, 0.25) is 0 Å². The smallest absolute Gasteiger partial charge is 0.251 e. The Balaban J connectivity index is 1.37. The molecule has 0 bridgehead atoms. The molecule has 7 atom stereocenters. The summed E-state index contributed by atoms with van der Waals surface area (Å²) < 4.78 is 0. The molecule has 13 nitrogen and oxygen atoms in total. The number of nitrogens with zero attached hydrogens (tertiary/aromatic N) is 4. The number of likely N-dealkylation sites (tertiary alicyclic amines) is 1. The first-order chi connectivity index (χ1) is 23.9. The van der Waals surface area contributed by atoms with Crippen LogP contribution in [-0.2, 0) is 30.5 Å². The molecule has 1 saturated heterocycles. The largest absolute Gasteiger partial charge is 0.381 e. The number of carbonyl (C=O) groups is 5. The molecule has 2 heterocycles. The van der Waals surface area contributed by atoms with Gasteiger partial charge in [0.1, 0.15) is 18.1 Å². The van der Waals surface area contributed by atoms with E-state index in [2.05, 4.69) is 25.9 Å². The topological polar surface area (TPSA) is 174 Å². The van der Waals surface area contributed by atoms with Crippen LogP contribution in [-0.4, -0.2) is 97.8 Å². The minimum Gasteiger partial charge on any atom is -0.381 e. The van der Waals surface area contributed by atoms with Crippen molar-refractivity contribution in [1.82, 2.24) is 35.7 Å².